The lowest BCUT2D eigenvalue weighted by atomic mass is 10.1. The van der Waals surface area contributed by atoms with Crippen LogP contribution in [0.2, 0.25) is 0 Å². The van der Waals surface area contributed by atoms with E-state index in [0.717, 1.165) is 13.1 Å². The van der Waals surface area contributed by atoms with Gasteiger partial charge in [-0.3, -0.25) is 4.90 Å². The van der Waals surface area contributed by atoms with E-state index in [9.17, 15) is 8.42 Å². The minimum Gasteiger partial charge on any atom is -0.330 e. The Kier molecular flexibility index (Phi) is 2.81. The minimum atomic E-state index is -2.78. The number of sulfone groups is 1. The van der Waals surface area contributed by atoms with Crippen LogP contribution in [0, 0.1) is 5.41 Å². The third-order valence-corrected chi connectivity index (χ3v) is 5.53. The molecule has 2 rings (SSSR count). The molecule has 1 saturated carbocycles. The fourth-order valence-electron chi connectivity index (χ4n) is 2.30. The van der Waals surface area contributed by atoms with Crippen LogP contribution in [-0.4, -0.2) is 50.5 Å². The monoisotopic (exact) mass is 232 g/mol. The molecule has 1 saturated heterocycles. The Morgan fingerprint density at radius 1 is 1.47 bits per heavy atom. The molecule has 0 aromatic rings. The highest BCUT2D eigenvalue weighted by atomic mass is 32.2. The van der Waals surface area contributed by atoms with E-state index in [1.54, 1.807) is 0 Å². The largest absolute Gasteiger partial charge is 0.330 e. The summed E-state index contributed by atoms with van der Waals surface area (Å²) in [5.41, 5.74) is 6.05. The van der Waals surface area contributed by atoms with Gasteiger partial charge in [0.1, 0.15) is 0 Å². The average molecular weight is 232 g/mol. The van der Waals surface area contributed by atoms with E-state index >= 15 is 0 Å². The number of nitrogens with zero attached hydrogens (tertiary/aromatic N) is 1. The van der Waals surface area contributed by atoms with E-state index < -0.39 is 9.84 Å². The summed E-state index contributed by atoms with van der Waals surface area (Å²) in [5, 5.41) is 0. The van der Waals surface area contributed by atoms with Gasteiger partial charge < -0.3 is 5.73 Å². The molecule has 0 spiro atoms. The fourth-order valence-corrected chi connectivity index (χ4v) is 3.93. The molecule has 2 aliphatic rings. The predicted molar refractivity (Wildman–Crippen MR) is 60.4 cm³/mol. The maximum Gasteiger partial charge on any atom is 0.153 e. The summed E-state index contributed by atoms with van der Waals surface area (Å²) >= 11 is 0. The van der Waals surface area contributed by atoms with Gasteiger partial charge in [0.2, 0.25) is 0 Å². The molecule has 1 unspecified atom stereocenters. The fraction of sp³-hybridized carbons (Fsp3) is 1.00. The van der Waals surface area contributed by atoms with Crippen molar-refractivity contribution >= 4 is 9.84 Å². The lowest BCUT2D eigenvalue weighted by Gasteiger charge is -2.35. The van der Waals surface area contributed by atoms with Gasteiger partial charge >= 0.3 is 0 Å². The Morgan fingerprint density at radius 2 is 2.13 bits per heavy atom. The first kappa shape index (κ1) is 11.4. The maximum atomic E-state index is 11.4. The van der Waals surface area contributed by atoms with Crippen LogP contribution in [0.1, 0.15) is 19.8 Å². The van der Waals surface area contributed by atoms with Crippen LogP contribution in [0.5, 0.6) is 0 Å². The molecule has 0 radical (unpaired) electrons. The third kappa shape index (κ3) is 2.52. The quantitative estimate of drug-likeness (QED) is 0.734. The zero-order valence-corrected chi connectivity index (χ0v) is 10.1. The first-order valence-corrected chi connectivity index (χ1v) is 7.43. The minimum absolute atomic E-state index is 0.160. The van der Waals surface area contributed by atoms with Crippen LogP contribution in [0.4, 0.5) is 0 Å². The van der Waals surface area contributed by atoms with Crippen molar-refractivity contribution in [1.29, 1.82) is 0 Å². The summed E-state index contributed by atoms with van der Waals surface area (Å²) in [6.07, 6.45) is 2.42. The van der Waals surface area contributed by atoms with Crippen molar-refractivity contribution in [1.82, 2.24) is 4.90 Å². The number of hydrogen-bond donors (Lipinski definition) is 1. The van der Waals surface area contributed by atoms with Gasteiger partial charge in [0.25, 0.3) is 0 Å². The van der Waals surface area contributed by atoms with E-state index in [0.29, 0.717) is 23.5 Å². The standard InChI is InChI=1S/C10H20N2O2S/c1-9-6-15(13,14)5-4-12(9)8-10(7-11)2-3-10/h9H,2-8,11H2,1H3. The molecule has 0 bridgehead atoms. The molecule has 1 aliphatic heterocycles. The summed E-state index contributed by atoms with van der Waals surface area (Å²) in [5.74, 6) is 0.631. The Bertz CT molecular complexity index is 335. The molecule has 0 amide bonds. The van der Waals surface area contributed by atoms with Gasteiger partial charge in [-0.05, 0) is 31.7 Å². The van der Waals surface area contributed by atoms with Crippen molar-refractivity contribution in [2.24, 2.45) is 11.1 Å². The molecule has 0 aromatic heterocycles. The topological polar surface area (TPSA) is 63.4 Å². The first-order chi connectivity index (χ1) is 6.96. The second-order valence-electron chi connectivity index (χ2n) is 5.14. The zero-order valence-electron chi connectivity index (χ0n) is 9.28. The van der Waals surface area contributed by atoms with Crippen LogP contribution in [0.3, 0.4) is 0 Å². The van der Waals surface area contributed by atoms with Crippen LogP contribution in [0.25, 0.3) is 0 Å². The van der Waals surface area contributed by atoms with Crippen LogP contribution in [-0.2, 0) is 9.84 Å². The molecular formula is C10H20N2O2S. The Morgan fingerprint density at radius 3 is 2.60 bits per heavy atom. The smallest absolute Gasteiger partial charge is 0.153 e. The van der Waals surface area contributed by atoms with Crippen LogP contribution < -0.4 is 5.73 Å². The van der Waals surface area contributed by atoms with Crippen molar-refractivity contribution in [3.63, 3.8) is 0 Å². The Balaban J connectivity index is 1.95. The highest BCUT2D eigenvalue weighted by molar-refractivity contribution is 7.91. The van der Waals surface area contributed by atoms with Gasteiger partial charge in [-0.1, -0.05) is 0 Å². The van der Waals surface area contributed by atoms with Gasteiger partial charge in [-0.2, -0.15) is 0 Å². The van der Waals surface area contributed by atoms with Crippen molar-refractivity contribution in [2.75, 3.05) is 31.1 Å². The molecule has 1 aliphatic carbocycles. The number of nitrogens with two attached hydrogens (primary N) is 1. The summed E-state index contributed by atoms with van der Waals surface area (Å²) in [6.45, 7) is 4.41. The Hall–Kier alpha value is -0.130. The molecule has 1 heterocycles. The highest BCUT2D eigenvalue weighted by Gasteiger charge is 2.44. The number of hydrogen-bond acceptors (Lipinski definition) is 4. The summed E-state index contributed by atoms with van der Waals surface area (Å²) in [7, 11) is -2.78. The van der Waals surface area contributed by atoms with E-state index in [2.05, 4.69) is 4.90 Å². The third-order valence-electron chi connectivity index (χ3n) is 3.74. The van der Waals surface area contributed by atoms with E-state index in [-0.39, 0.29) is 6.04 Å². The van der Waals surface area contributed by atoms with Crippen molar-refractivity contribution < 1.29 is 8.42 Å². The Labute approximate surface area is 91.7 Å². The second kappa shape index (κ2) is 3.71. The number of rotatable bonds is 3. The molecule has 15 heavy (non-hydrogen) atoms. The van der Waals surface area contributed by atoms with Gasteiger partial charge in [-0.15, -0.1) is 0 Å². The summed E-state index contributed by atoms with van der Waals surface area (Å²) in [6, 6.07) is 0.160. The van der Waals surface area contributed by atoms with Crippen LogP contribution in [0.15, 0.2) is 0 Å². The van der Waals surface area contributed by atoms with Gasteiger partial charge in [0.15, 0.2) is 9.84 Å². The van der Waals surface area contributed by atoms with Crippen molar-refractivity contribution in [3.8, 4) is 0 Å². The second-order valence-corrected chi connectivity index (χ2v) is 7.37. The molecule has 1 atom stereocenters. The lowest BCUT2D eigenvalue weighted by Crippen LogP contribution is -2.49. The zero-order chi connectivity index (χ0) is 11.1. The van der Waals surface area contributed by atoms with Crippen LogP contribution >= 0.6 is 0 Å². The highest BCUT2D eigenvalue weighted by Crippen LogP contribution is 2.45. The molecule has 0 aromatic carbocycles. The summed E-state index contributed by atoms with van der Waals surface area (Å²) < 4.78 is 22.8. The van der Waals surface area contributed by atoms with Crippen molar-refractivity contribution in [2.45, 2.75) is 25.8 Å². The van der Waals surface area contributed by atoms with E-state index in [4.69, 9.17) is 5.73 Å². The predicted octanol–water partition coefficient (Wildman–Crippen LogP) is -0.156. The molecule has 88 valence electrons. The van der Waals surface area contributed by atoms with Gasteiger partial charge in [-0.25, -0.2) is 8.42 Å². The molecule has 2 N–H and O–H groups in total. The lowest BCUT2D eigenvalue weighted by molar-refractivity contribution is 0.184. The first-order valence-electron chi connectivity index (χ1n) is 5.61. The molecule has 2 fully saturated rings. The van der Waals surface area contributed by atoms with Gasteiger partial charge in [0, 0.05) is 19.1 Å². The molecular weight excluding hydrogens is 212 g/mol. The molecule has 4 nitrogen and oxygen atoms in total. The SMILES string of the molecule is CC1CS(=O)(=O)CCN1CC1(CN)CC1. The van der Waals surface area contributed by atoms with E-state index in [1.165, 1.54) is 12.8 Å². The average Bonchev–Trinajstić information content (AvgIpc) is 2.90. The maximum absolute atomic E-state index is 11.4. The van der Waals surface area contributed by atoms with Gasteiger partial charge in [0.05, 0.1) is 11.5 Å². The normalized spacial score (nSPS) is 33.9. The van der Waals surface area contributed by atoms with Crippen molar-refractivity contribution in [3.05, 3.63) is 0 Å². The molecule has 5 heteroatoms. The van der Waals surface area contributed by atoms with E-state index in [1.807, 2.05) is 6.92 Å². The summed E-state index contributed by atoms with van der Waals surface area (Å²) in [4.78, 5) is 2.29.